The van der Waals surface area contributed by atoms with Crippen molar-refractivity contribution >= 4 is 17.9 Å². The number of piperidine rings is 1. The van der Waals surface area contributed by atoms with E-state index in [0.29, 0.717) is 13.1 Å². The van der Waals surface area contributed by atoms with Crippen LogP contribution in [-0.2, 0) is 9.59 Å². The molecule has 0 spiro atoms. The molecule has 0 radical (unpaired) electrons. The Morgan fingerprint density at radius 1 is 1.32 bits per heavy atom. The smallest absolute Gasteiger partial charge is 0.320 e. The summed E-state index contributed by atoms with van der Waals surface area (Å²) in [6, 6.07) is -0.179. The molecule has 0 aliphatic carbocycles. The lowest BCUT2D eigenvalue weighted by molar-refractivity contribution is -0.146. The molecule has 0 saturated carbocycles. The van der Waals surface area contributed by atoms with Crippen LogP contribution in [0.1, 0.15) is 12.8 Å². The number of rotatable bonds is 1. The fourth-order valence-electron chi connectivity index (χ4n) is 3.16. The Morgan fingerprint density at radius 3 is 2.74 bits per heavy atom. The fraction of sp³-hybridized carbons (Fsp3) is 0.750. The highest BCUT2D eigenvalue weighted by Crippen LogP contribution is 2.29. The van der Waals surface area contributed by atoms with E-state index in [1.165, 1.54) is 0 Å². The zero-order chi connectivity index (χ0) is 13.6. The SMILES string of the molecule is O=C(O)C1CN(C(=O)N2CCCC3C(=O)NCC32)C1. The maximum Gasteiger partial charge on any atom is 0.320 e. The summed E-state index contributed by atoms with van der Waals surface area (Å²) in [5, 5.41) is 11.6. The van der Waals surface area contributed by atoms with Crippen LogP contribution in [0.15, 0.2) is 0 Å². The van der Waals surface area contributed by atoms with Crippen LogP contribution in [0, 0.1) is 11.8 Å². The minimum Gasteiger partial charge on any atom is -0.481 e. The summed E-state index contributed by atoms with van der Waals surface area (Å²) in [5.74, 6) is -1.34. The molecule has 7 heteroatoms. The summed E-state index contributed by atoms with van der Waals surface area (Å²) in [6.45, 7) is 1.74. The highest BCUT2D eigenvalue weighted by atomic mass is 16.4. The van der Waals surface area contributed by atoms with E-state index in [0.717, 1.165) is 12.8 Å². The average Bonchev–Trinajstić information content (AvgIpc) is 2.69. The Bertz CT molecular complexity index is 433. The van der Waals surface area contributed by atoms with Crippen molar-refractivity contribution in [1.82, 2.24) is 15.1 Å². The van der Waals surface area contributed by atoms with Gasteiger partial charge in [0.25, 0.3) is 0 Å². The Hall–Kier alpha value is -1.79. The van der Waals surface area contributed by atoms with Crippen LogP contribution in [-0.4, -0.2) is 65.0 Å². The van der Waals surface area contributed by atoms with Gasteiger partial charge in [-0.05, 0) is 12.8 Å². The van der Waals surface area contributed by atoms with Gasteiger partial charge in [0, 0.05) is 26.2 Å². The molecule has 3 rings (SSSR count). The molecule has 2 atom stereocenters. The monoisotopic (exact) mass is 267 g/mol. The quantitative estimate of drug-likeness (QED) is 0.659. The van der Waals surface area contributed by atoms with Gasteiger partial charge in [0.1, 0.15) is 0 Å². The summed E-state index contributed by atoms with van der Waals surface area (Å²) < 4.78 is 0. The molecule has 0 aromatic heterocycles. The third-order valence-corrected chi connectivity index (χ3v) is 4.35. The molecular formula is C12H17N3O4. The lowest BCUT2D eigenvalue weighted by atomic mass is 9.91. The number of fused-ring (bicyclic) bond motifs is 1. The fourth-order valence-corrected chi connectivity index (χ4v) is 3.16. The van der Waals surface area contributed by atoms with Crippen molar-refractivity contribution in [2.75, 3.05) is 26.2 Å². The van der Waals surface area contributed by atoms with E-state index in [4.69, 9.17) is 5.11 Å². The number of nitrogens with one attached hydrogen (secondary N) is 1. The standard InChI is InChI=1S/C12H17N3O4/c16-10-8-2-1-3-15(9(8)4-13-10)12(19)14-5-7(6-14)11(17)18/h7-9H,1-6H2,(H,13,16)(H,17,18). The first-order valence-electron chi connectivity index (χ1n) is 6.64. The number of aliphatic carboxylic acids is 1. The summed E-state index contributed by atoms with van der Waals surface area (Å²) in [4.78, 5) is 38.0. The second-order valence-electron chi connectivity index (χ2n) is 5.48. The topological polar surface area (TPSA) is 90.0 Å². The van der Waals surface area contributed by atoms with E-state index in [1.54, 1.807) is 9.80 Å². The first-order chi connectivity index (χ1) is 9.08. The van der Waals surface area contributed by atoms with Gasteiger partial charge in [-0.1, -0.05) is 0 Å². The molecule has 0 aromatic carbocycles. The van der Waals surface area contributed by atoms with Crippen LogP contribution in [0.3, 0.4) is 0 Å². The molecule has 3 saturated heterocycles. The Balaban J connectivity index is 1.64. The first kappa shape index (κ1) is 12.3. The molecule has 0 bridgehead atoms. The lowest BCUT2D eigenvalue weighted by Crippen LogP contribution is -2.60. The zero-order valence-electron chi connectivity index (χ0n) is 10.5. The molecule has 104 valence electrons. The van der Waals surface area contributed by atoms with Gasteiger partial charge in [-0.2, -0.15) is 0 Å². The van der Waals surface area contributed by atoms with Gasteiger partial charge in [0.2, 0.25) is 5.91 Å². The molecule has 3 aliphatic rings. The van der Waals surface area contributed by atoms with Crippen molar-refractivity contribution in [1.29, 1.82) is 0 Å². The number of carboxylic acids is 1. The molecule has 3 heterocycles. The second-order valence-corrected chi connectivity index (χ2v) is 5.48. The number of carboxylic acid groups (broad SMARTS) is 1. The number of hydrogen-bond acceptors (Lipinski definition) is 3. The molecule has 2 unspecified atom stereocenters. The van der Waals surface area contributed by atoms with Crippen LogP contribution in [0.5, 0.6) is 0 Å². The highest BCUT2D eigenvalue weighted by Gasteiger charge is 2.46. The number of nitrogens with zero attached hydrogens (tertiary/aromatic N) is 2. The third-order valence-electron chi connectivity index (χ3n) is 4.35. The molecule has 3 amide bonds. The number of amides is 3. The Kier molecular flexibility index (Phi) is 2.83. The maximum absolute atomic E-state index is 12.3. The molecule has 3 fully saturated rings. The molecule has 0 aromatic rings. The van der Waals surface area contributed by atoms with Gasteiger partial charge >= 0.3 is 12.0 Å². The van der Waals surface area contributed by atoms with Gasteiger partial charge in [-0.25, -0.2) is 4.79 Å². The van der Waals surface area contributed by atoms with Crippen molar-refractivity contribution < 1.29 is 19.5 Å². The van der Waals surface area contributed by atoms with Crippen LogP contribution < -0.4 is 5.32 Å². The summed E-state index contributed by atoms with van der Waals surface area (Å²) in [6.07, 6.45) is 1.66. The van der Waals surface area contributed by atoms with E-state index in [1.807, 2.05) is 0 Å². The Morgan fingerprint density at radius 2 is 2.05 bits per heavy atom. The van der Waals surface area contributed by atoms with Crippen molar-refractivity contribution in [2.45, 2.75) is 18.9 Å². The van der Waals surface area contributed by atoms with E-state index in [-0.39, 0.29) is 37.0 Å². The van der Waals surface area contributed by atoms with Crippen molar-refractivity contribution in [2.24, 2.45) is 11.8 Å². The molecule has 19 heavy (non-hydrogen) atoms. The first-order valence-corrected chi connectivity index (χ1v) is 6.64. The number of likely N-dealkylation sites (tertiary alicyclic amines) is 2. The molecule has 3 aliphatic heterocycles. The predicted octanol–water partition coefficient (Wildman–Crippen LogP) is -0.667. The normalized spacial score (nSPS) is 30.6. The third kappa shape index (κ3) is 1.93. The molecule has 2 N–H and O–H groups in total. The molecule has 7 nitrogen and oxygen atoms in total. The van der Waals surface area contributed by atoms with Gasteiger partial charge in [0.05, 0.1) is 17.9 Å². The minimum atomic E-state index is -0.849. The van der Waals surface area contributed by atoms with Crippen LogP contribution >= 0.6 is 0 Å². The highest BCUT2D eigenvalue weighted by molar-refractivity contribution is 5.85. The molecular weight excluding hydrogens is 250 g/mol. The minimum absolute atomic E-state index is 0.0366. The van der Waals surface area contributed by atoms with Crippen LogP contribution in [0.4, 0.5) is 4.79 Å². The van der Waals surface area contributed by atoms with E-state index < -0.39 is 11.9 Å². The Labute approximate surface area is 110 Å². The number of urea groups is 1. The summed E-state index contributed by atoms with van der Waals surface area (Å²) in [7, 11) is 0. The zero-order valence-corrected chi connectivity index (χ0v) is 10.5. The van der Waals surface area contributed by atoms with Crippen molar-refractivity contribution in [3.05, 3.63) is 0 Å². The van der Waals surface area contributed by atoms with Crippen LogP contribution in [0.25, 0.3) is 0 Å². The average molecular weight is 267 g/mol. The van der Waals surface area contributed by atoms with Gasteiger partial charge in [-0.15, -0.1) is 0 Å². The van der Waals surface area contributed by atoms with Crippen LogP contribution in [0.2, 0.25) is 0 Å². The number of hydrogen-bond donors (Lipinski definition) is 2. The summed E-state index contributed by atoms with van der Waals surface area (Å²) >= 11 is 0. The predicted molar refractivity (Wildman–Crippen MR) is 64.3 cm³/mol. The second kappa shape index (κ2) is 4.40. The van der Waals surface area contributed by atoms with Gasteiger partial charge in [0.15, 0.2) is 0 Å². The van der Waals surface area contributed by atoms with Crippen molar-refractivity contribution in [3.8, 4) is 0 Å². The number of carbonyl (C=O) groups is 3. The number of carbonyl (C=O) groups excluding carboxylic acids is 2. The van der Waals surface area contributed by atoms with Gasteiger partial charge in [-0.3, -0.25) is 9.59 Å². The van der Waals surface area contributed by atoms with E-state index >= 15 is 0 Å². The van der Waals surface area contributed by atoms with E-state index in [2.05, 4.69) is 5.32 Å². The van der Waals surface area contributed by atoms with Gasteiger partial charge < -0.3 is 20.2 Å². The maximum atomic E-state index is 12.3. The largest absolute Gasteiger partial charge is 0.481 e. The summed E-state index contributed by atoms with van der Waals surface area (Å²) in [5.41, 5.74) is 0. The van der Waals surface area contributed by atoms with Crippen molar-refractivity contribution in [3.63, 3.8) is 0 Å². The lowest BCUT2D eigenvalue weighted by Gasteiger charge is -2.44. The van der Waals surface area contributed by atoms with E-state index in [9.17, 15) is 14.4 Å².